The third kappa shape index (κ3) is 5.16. The summed E-state index contributed by atoms with van der Waals surface area (Å²) < 4.78 is 12.3. The number of ether oxygens (including phenoxy) is 2. The number of nitrogens with zero attached hydrogens (tertiary/aromatic N) is 1. The van der Waals surface area contributed by atoms with Crippen LogP contribution in [0, 0.1) is 17.8 Å². The highest BCUT2D eigenvalue weighted by atomic mass is 35.5. The Balaban J connectivity index is 1.52. The monoisotopic (exact) mass is 597 g/mol. The predicted octanol–water partition coefficient (Wildman–Crippen LogP) is 4.88. The van der Waals surface area contributed by atoms with Gasteiger partial charge in [0, 0.05) is 16.4 Å². The average Bonchev–Trinajstić information content (AvgIpc) is 3.57. The van der Waals surface area contributed by atoms with Crippen LogP contribution < -0.4 is 15.4 Å². The van der Waals surface area contributed by atoms with Crippen LogP contribution in [0.15, 0.2) is 48.5 Å². The molecule has 9 nitrogen and oxygen atoms in total. The van der Waals surface area contributed by atoms with E-state index in [0.29, 0.717) is 54.4 Å². The summed E-state index contributed by atoms with van der Waals surface area (Å²) >= 11 is 6.05. The lowest BCUT2D eigenvalue weighted by atomic mass is 9.65. The maximum Gasteiger partial charge on any atom is 0.250 e. The largest absolute Gasteiger partial charge is 0.494 e. The number of carbonyl (C=O) groups is 3. The number of rotatable bonds is 11. The highest BCUT2D eigenvalue weighted by Crippen LogP contribution is 2.64. The second-order valence-electron chi connectivity index (χ2n) is 12.0. The number of fused-ring (bicyclic) bond motifs is 1. The van der Waals surface area contributed by atoms with Gasteiger partial charge in [-0.3, -0.25) is 14.4 Å². The van der Waals surface area contributed by atoms with Crippen LogP contribution in [-0.2, 0) is 19.1 Å². The van der Waals surface area contributed by atoms with Gasteiger partial charge in [0.15, 0.2) is 0 Å². The molecular formula is C32H40ClN3O6. The maximum absolute atomic E-state index is 14.4. The summed E-state index contributed by atoms with van der Waals surface area (Å²) in [5.41, 5.74) is -0.968. The van der Waals surface area contributed by atoms with Crippen molar-refractivity contribution in [3.05, 3.63) is 53.6 Å². The molecule has 0 aromatic heterocycles. The summed E-state index contributed by atoms with van der Waals surface area (Å²) in [6.45, 7) is 8.10. The molecule has 2 aromatic carbocycles. The van der Waals surface area contributed by atoms with Gasteiger partial charge in [-0.25, -0.2) is 0 Å². The number of hydrogen-bond donors (Lipinski definition) is 3. The zero-order valence-corrected chi connectivity index (χ0v) is 25.3. The number of aliphatic hydroxyl groups is 1. The zero-order valence-electron chi connectivity index (χ0n) is 24.6. The predicted molar refractivity (Wildman–Crippen MR) is 160 cm³/mol. The molecule has 3 N–H and O–H groups in total. The summed E-state index contributed by atoms with van der Waals surface area (Å²) in [7, 11) is 0. The lowest BCUT2D eigenvalue weighted by Gasteiger charge is -2.37. The fraction of sp³-hybridized carbons (Fsp3) is 0.531. The number of carbonyl (C=O) groups excluding carboxylic acids is 3. The first-order valence-electron chi connectivity index (χ1n) is 14.8. The number of likely N-dealkylation sites (tertiary alicyclic amines) is 1. The van der Waals surface area contributed by atoms with E-state index in [9.17, 15) is 19.5 Å². The van der Waals surface area contributed by atoms with Gasteiger partial charge in [-0.15, -0.1) is 0 Å². The third-order valence-corrected chi connectivity index (χ3v) is 9.29. The second-order valence-corrected chi connectivity index (χ2v) is 12.4. The van der Waals surface area contributed by atoms with Gasteiger partial charge >= 0.3 is 0 Å². The Morgan fingerprint density at radius 2 is 1.67 bits per heavy atom. The molecule has 0 radical (unpaired) electrons. The van der Waals surface area contributed by atoms with Gasteiger partial charge in [0.25, 0.3) is 0 Å². The summed E-state index contributed by atoms with van der Waals surface area (Å²) in [6.07, 6.45) is 2.01. The number of hydrogen-bond acceptors (Lipinski definition) is 6. The molecule has 3 amide bonds. The molecule has 3 heterocycles. The smallest absolute Gasteiger partial charge is 0.250 e. The molecular weight excluding hydrogens is 558 g/mol. The van der Waals surface area contributed by atoms with Crippen molar-refractivity contribution < 1.29 is 29.0 Å². The number of nitrogens with one attached hydrogen (secondary N) is 2. The van der Waals surface area contributed by atoms with Gasteiger partial charge < -0.3 is 30.1 Å². The average molecular weight is 598 g/mol. The molecule has 226 valence electrons. The quantitative estimate of drug-likeness (QED) is 0.340. The van der Waals surface area contributed by atoms with E-state index >= 15 is 0 Å². The minimum absolute atomic E-state index is 0.158. The van der Waals surface area contributed by atoms with E-state index in [4.69, 9.17) is 21.1 Å². The lowest BCUT2D eigenvalue weighted by molar-refractivity contribution is -0.148. The molecule has 10 heteroatoms. The number of amides is 3. The molecule has 1 spiro atoms. The number of benzene rings is 2. The minimum Gasteiger partial charge on any atom is -0.494 e. The number of halogens is 1. The van der Waals surface area contributed by atoms with Crippen LogP contribution in [0.4, 0.5) is 11.4 Å². The topological polar surface area (TPSA) is 117 Å². The first kappa shape index (κ1) is 30.3. The van der Waals surface area contributed by atoms with Gasteiger partial charge in [0.1, 0.15) is 17.4 Å². The summed E-state index contributed by atoms with van der Waals surface area (Å²) in [5, 5.41) is 16.9. The zero-order chi connectivity index (χ0) is 30.2. The van der Waals surface area contributed by atoms with E-state index in [0.717, 1.165) is 0 Å². The van der Waals surface area contributed by atoms with Crippen molar-refractivity contribution in [3.8, 4) is 5.75 Å². The Bertz CT molecular complexity index is 1320. The first-order valence-corrected chi connectivity index (χ1v) is 15.2. The van der Waals surface area contributed by atoms with Gasteiger partial charge in [-0.05, 0) is 87.1 Å². The van der Waals surface area contributed by atoms with Crippen molar-refractivity contribution in [2.24, 2.45) is 17.8 Å². The van der Waals surface area contributed by atoms with Crippen molar-refractivity contribution in [1.29, 1.82) is 0 Å². The Labute approximate surface area is 251 Å². The second kappa shape index (κ2) is 11.9. The SMILES string of the molecule is CCOc1ccc(NC(=O)[C@H]2[C@H]3C(=O)N([C@@H](CO)CC(C)C)C(C(=O)Nc4ccc(Cl)cc4)C34CC[C@]2(CC)O4)cc1. The molecule has 0 saturated carbocycles. The molecule has 3 fully saturated rings. The Kier molecular flexibility index (Phi) is 8.56. The van der Waals surface area contributed by atoms with Gasteiger partial charge in [0.05, 0.1) is 36.7 Å². The lowest BCUT2D eigenvalue weighted by Crippen LogP contribution is -2.56. The van der Waals surface area contributed by atoms with Gasteiger partial charge in [-0.1, -0.05) is 32.4 Å². The normalized spacial score (nSPS) is 28.6. The molecule has 42 heavy (non-hydrogen) atoms. The van der Waals surface area contributed by atoms with Crippen molar-refractivity contribution in [3.63, 3.8) is 0 Å². The van der Waals surface area contributed by atoms with E-state index in [1.54, 1.807) is 48.5 Å². The molecule has 3 aliphatic heterocycles. The molecule has 2 aromatic rings. The highest BCUT2D eigenvalue weighted by molar-refractivity contribution is 6.30. The van der Waals surface area contributed by atoms with E-state index in [2.05, 4.69) is 10.6 Å². The first-order chi connectivity index (χ1) is 20.1. The molecule has 6 atom stereocenters. The van der Waals surface area contributed by atoms with Crippen LogP contribution in [0.2, 0.25) is 5.02 Å². The molecule has 3 saturated heterocycles. The van der Waals surface area contributed by atoms with Crippen LogP contribution in [0.3, 0.4) is 0 Å². The Hall–Kier alpha value is -3.14. The highest BCUT2D eigenvalue weighted by Gasteiger charge is 2.79. The molecule has 3 aliphatic rings. The molecule has 5 rings (SSSR count). The summed E-state index contributed by atoms with van der Waals surface area (Å²) in [4.78, 5) is 44.1. The van der Waals surface area contributed by atoms with Crippen LogP contribution in [0.5, 0.6) is 5.75 Å². The standard InChI is InChI=1S/C32H40ClN3O6/c1-5-31-15-16-32(42-31)26(25(31)28(38)34-22-11-13-24(14-12-22)41-6-2)30(40)36(23(18-37)17-19(3)4)27(32)29(39)35-21-9-7-20(33)8-10-21/h7-14,19,23,25-27,37H,5-6,15-18H2,1-4H3,(H,34,38)(H,35,39)/t23-,25-,26+,27?,31+,32?/m1/s1. The molecule has 0 aliphatic carbocycles. The summed E-state index contributed by atoms with van der Waals surface area (Å²) in [5.74, 6) is -1.86. The van der Waals surface area contributed by atoms with Crippen molar-refractivity contribution in [2.75, 3.05) is 23.8 Å². The Morgan fingerprint density at radius 3 is 2.24 bits per heavy atom. The summed E-state index contributed by atoms with van der Waals surface area (Å²) in [6, 6.07) is 12.2. The van der Waals surface area contributed by atoms with E-state index in [1.165, 1.54) is 4.90 Å². The van der Waals surface area contributed by atoms with Crippen molar-refractivity contribution in [1.82, 2.24) is 4.90 Å². The van der Waals surface area contributed by atoms with Crippen LogP contribution >= 0.6 is 11.6 Å². The Morgan fingerprint density at radius 1 is 1.05 bits per heavy atom. The van der Waals surface area contributed by atoms with Gasteiger partial charge in [-0.2, -0.15) is 0 Å². The number of aliphatic hydroxyl groups excluding tert-OH is 1. The van der Waals surface area contributed by atoms with Crippen LogP contribution in [-0.4, -0.2) is 64.2 Å². The van der Waals surface area contributed by atoms with E-state index < -0.39 is 41.0 Å². The van der Waals surface area contributed by atoms with Crippen LogP contribution in [0.25, 0.3) is 0 Å². The molecule has 2 bridgehead atoms. The fourth-order valence-electron chi connectivity index (χ4n) is 7.33. The van der Waals surface area contributed by atoms with Crippen molar-refractivity contribution >= 4 is 40.7 Å². The fourth-order valence-corrected chi connectivity index (χ4v) is 7.46. The van der Waals surface area contributed by atoms with Crippen molar-refractivity contribution in [2.45, 2.75) is 76.7 Å². The van der Waals surface area contributed by atoms with Gasteiger partial charge in [0.2, 0.25) is 17.7 Å². The third-order valence-electron chi connectivity index (χ3n) is 9.04. The maximum atomic E-state index is 14.4. The van der Waals surface area contributed by atoms with E-state index in [-0.39, 0.29) is 24.3 Å². The molecule has 2 unspecified atom stereocenters. The van der Waals surface area contributed by atoms with E-state index in [1.807, 2.05) is 27.7 Å². The number of anilines is 2. The van der Waals surface area contributed by atoms with Crippen LogP contribution in [0.1, 0.15) is 53.4 Å². The minimum atomic E-state index is -1.20.